The van der Waals surface area contributed by atoms with E-state index in [1.165, 1.54) is 0 Å². The number of benzene rings is 4. The average molecular weight is 382 g/mol. The molecule has 29 heavy (non-hydrogen) atoms. The van der Waals surface area contributed by atoms with Crippen LogP contribution in [0.25, 0.3) is 22.3 Å². The lowest BCUT2D eigenvalue weighted by atomic mass is 10.0. The van der Waals surface area contributed by atoms with Crippen LogP contribution < -0.4 is 4.74 Å². The summed E-state index contributed by atoms with van der Waals surface area (Å²) < 4.78 is 5.46. The standard InChI is InChI=1S/C25H18O4/c26-22-11-5-18(6-12-22)17-1-3-21(4-2-17)25(28)29-24-15-9-20(10-16-24)19-7-13-23(27)14-8-19/h1-16,26-27H. The number of esters is 1. The Kier molecular flexibility index (Phi) is 4.99. The molecule has 0 aromatic heterocycles. The van der Waals surface area contributed by atoms with Gasteiger partial charge in [-0.3, -0.25) is 0 Å². The number of phenols is 2. The highest BCUT2D eigenvalue weighted by Crippen LogP contribution is 2.25. The topological polar surface area (TPSA) is 66.8 Å². The van der Waals surface area contributed by atoms with Gasteiger partial charge in [0.25, 0.3) is 0 Å². The van der Waals surface area contributed by atoms with Gasteiger partial charge in [-0.05, 0) is 70.8 Å². The van der Waals surface area contributed by atoms with Crippen LogP contribution in [0.2, 0.25) is 0 Å². The molecule has 142 valence electrons. The lowest BCUT2D eigenvalue weighted by Crippen LogP contribution is -2.08. The first-order chi connectivity index (χ1) is 14.1. The molecule has 0 spiro atoms. The van der Waals surface area contributed by atoms with Crippen molar-refractivity contribution in [2.75, 3.05) is 0 Å². The Hall–Kier alpha value is -4.05. The van der Waals surface area contributed by atoms with Gasteiger partial charge in [0, 0.05) is 0 Å². The second-order valence-electron chi connectivity index (χ2n) is 6.58. The SMILES string of the molecule is O=C(Oc1ccc(-c2ccc(O)cc2)cc1)c1ccc(-c2ccc(O)cc2)cc1. The van der Waals surface area contributed by atoms with E-state index in [0.29, 0.717) is 11.3 Å². The fraction of sp³-hybridized carbons (Fsp3) is 0. The van der Waals surface area contributed by atoms with E-state index in [1.54, 1.807) is 48.5 Å². The first-order valence-corrected chi connectivity index (χ1v) is 9.10. The summed E-state index contributed by atoms with van der Waals surface area (Å²) in [7, 11) is 0. The van der Waals surface area contributed by atoms with E-state index in [0.717, 1.165) is 22.3 Å². The molecule has 0 saturated carbocycles. The maximum atomic E-state index is 12.4. The van der Waals surface area contributed by atoms with Gasteiger partial charge in [-0.1, -0.05) is 48.5 Å². The molecular formula is C25H18O4. The van der Waals surface area contributed by atoms with Crippen LogP contribution in [0.15, 0.2) is 97.1 Å². The van der Waals surface area contributed by atoms with Crippen LogP contribution in [-0.2, 0) is 0 Å². The summed E-state index contributed by atoms with van der Waals surface area (Å²) in [6.45, 7) is 0. The molecule has 2 N–H and O–H groups in total. The van der Waals surface area contributed by atoms with Gasteiger partial charge in [-0.15, -0.1) is 0 Å². The lowest BCUT2D eigenvalue weighted by Gasteiger charge is -2.07. The van der Waals surface area contributed by atoms with Gasteiger partial charge in [0.05, 0.1) is 5.56 Å². The van der Waals surface area contributed by atoms with Crippen LogP contribution in [0.4, 0.5) is 0 Å². The fourth-order valence-electron chi connectivity index (χ4n) is 2.99. The Morgan fingerprint density at radius 1 is 0.517 bits per heavy atom. The Morgan fingerprint density at radius 2 is 0.862 bits per heavy atom. The summed E-state index contributed by atoms with van der Waals surface area (Å²) in [5, 5.41) is 18.8. The van der Waals surface area contributed by atoms with Crippen LogP contribution in [0.3, 0.4) is 0 Å². The van der Waals surface area contributed by atoms with Crippen LogP contribution in [0, 0.1) is 0 Å². The molecule has 4 heteroatoms. The van der Waals surface area contributed by atoms with Crippen LogP contribution in [-0.4, -0.2) is 16.2 Å². The van der Waals surface area contributed by atoms with E-state index in [1.807, 2.05) is 48.5 Å². The van der Waals surface area contributed by atoms with Crippen molar-refractivity contribution in [2.24, 2.45) is 0 Å². The van der Waals surface area contributed by atoms with E-state index < -0.39 is 5.97 Å². The second kappa shape index (κ2) is 7.90. The van der Waals surface area contributed by atoms with Crippen LogP contribution >= 0.6 is 0 Å². The van der Waals surface area contributed by atoms with Crippen molar-refractivity contribution in [3.63, 3.8) is 0 Å². The maximum absolute atomic E-state index is 12.4. The van der Waals surface area contributed by atoms with Gasteiger partial charge < -0.3 is 14.9 Å². The van der Waals surface area contributed by atoms with E-state index >= 15 is 0 Å². The molecule has 0 bridgehead atoms. The normalized spacial score (nSPS) is 10.5. The van der Waals surface area contributed by atoms with E-state index in [9.17, 15) is 15.0 Å². The van der Waals surface area contributed by atoms with Crippen molar-refractivity contribution >= 4 is 5.97 Å². The zero-order valence-corrected chi connectivity index (χ0v) is 15.4. The van der Waals surface area contributed by atoms with Crippen LogP contribution in [0.1, 0.15) is 10.4 Å². The summed E-state index contributed by atoms with van der Waals surface area (Å²) in [5.41, 5.74) is 4.27. The third-order valence-corrected chi connectivity index (χ3v) is 4.59. The van der Waals surface area contributed by atoms with Gasteiger partial charge in [0.2, 0.25) is 0 Å². The smallest absolute Gasteiger partial charge is 0.343 e. The minimum Gasteiger partial charge on any atom is -0.508 e. The van der Waals surface area contributed by atoms with Crippen molar-refractivity contribution in [3.05, 3.63) is 103 Å². The quantitative estimate of drug-likeness (QED) is 0.353. The molecule has 0 aliphatic carbocycles. The summed E-state index contributed by atoms with van der Waals surface area (Å²) >= 11 is 0. The molecule has 0 amide bonds. The highest BCUT2D eigenvalue weighted by molar-refractivity contribution is 5.91. The predicted molar refractivity (Wildman–Crippen MR) is 112 cm³/mol. The number of ether oxygens (including phenoxy) is 1. The molecule has 4 aromatic rings. The molecular weight excluding hydrogens is 364 g/mol. The van der Waals surface area contributed by atoms with Gasteiger partial charge >= 0.3 is 5.97 Å². The number of carbonyl (C=O) groups excluding carboxylic acids is 1. The van der Waals surface area contributed by atoms with Gasteiger partial charge in [-0.25, -0.2) is 4.79 Å². The van der Waals surface area contributed by atoms with Crippen molar-refractivity contribution < 1.29 is 19.7 Å². The summed E-state index contributed by atoms with van der Waals surface area (Å²) in [6, 6.07) is 28.1. The minimum atomic E-state index is -0.431. The predicted octanol–water partition coefficient (Wildman–Crippen LogP) is 5.65. The molecule has 0 fully saturated rings. The first-order valence-electron chi connectivity index (χ1n) is 9.10. The number of hydrogen-bond donors (Lipinski definition) is 2. The van der Waals surface area contributed by atoms with Crippen molar-refractivity contribution in [1.82, 2.24) is 0 Å². The number of carbonyl (C=O) groups is 1. The summed E-state index contributed by atoms with van der Waals surface area (Å²) in [4.78, 5) is 12.4. The van der Waals surface area contributed by atoms with Gasteiger partial charge in [-0.2, -0.15) is 0 Å². The van der Waals surface area contributed by atoms with Gasteiger partial charge in [0.1, 0.15) is 17.2 Å². The number of phenolic OH excluding ortho intramolecular Hbond substituents is 2. The number of rotatable bonds is 4. The molecule has 4 rings (SSSR count). The number of aromatic hydroxyl groups is 2. The summed E-state index contributed by atoms with van der Waals surface area (Å²) in [5.74, 6) is 0.459. The maximum Gasteiger partial charge on any atom is 0.343 e. The van der Waals surface area contributed by atoms with E-state index in [4.69, 9.17) is 4.74 Å². The molecule has 0 unspecified atom stereocenters. The highest BCUT2D eigenvalue weighted by Gasteiger charge is 2.09. The van der Waals surface area contributed by atoms with Crippen molar-refractivity contribution in [1.29, 1.82) is 0 Å². The van der Waals surface area contributed by atoms with Crippen molar-refractivity contribution in [2.45, 2.75) is 0 Å². The second-order valence-corrected chi connectivity index (χ2v) is 6.58. The zero-order valence-electron chi connectivity index (χ0n) is 15.4. The molecule has 4 nitrogen and oxygen atoms in total. The van der Waals surface area contributed by atoms with E-state index in [2.05, 4.69) is 0 Å². The zero-order chi connectivity index (χ0) is 20.2. The minimum absolute atomic E-state index is 0.213. The summed E-state index contributed by atoms with van der Waals surface area (Å²) in [6.07, 6.45) is 0. The lowest BCUT2D eigenvalue weighted by molar-refractivity contribution is 0.0735. The molecule has 4 aromatic carbocycles. The molecule has 0 atom stereocenters. The molecule has 0 saturated heterocycles. The Morgan fingerprint density at radius 3 is 1.28 bits per heavy atom. The highest BCUT2D eigenvalue weighted by atomic mass is 16.5. The Balaban J connectivity index is 1.45. The third-order valence-electron chi connectivity index (χ3n) is 4.59. The number of hydrogen-bond acceptors (Lipinski definition) is 4. The largest absolute Gasteiger partial charge is 0.508 e. The fourth-order valence-corrected chi connectivity index (χ4v) is 2.99. The molecule has 0 radical (unpaired) electrons. The molecule has 0 aliphatic heterocycles. The van der Waals surface area contributed by atoms with Gasteiger partial charge in [0.15, 0.2) is 0 Å². The van der Waals surface area contributed by atoms with E-state index in [-0.39, 0.29) is 11.5 Å². The molecule has 0 aliphatic rings. The monoisotopic (exact) mass is 382 g/mol. The Labute approximate surface area is 168 Å². The van der Waals surface area contributed by atoms with Crippen molar-refractivity contribution in [3.8, 4) is 39.5 Å². The molecule has 0 heterocycles. The Bertz CT molecular complexity index is 1110. The average Bonchev–Trinajstić information content (AvgIpc) is 2.76. The third kappa shape index (κ3) is 4.28. The first kappa shape index (κ1) is 18.3. The van der Waals surface area contributed by atoms with Crippen LogP contribution in [0.5, 0.6) is 17.2 Å².